The first-order valence-corrected chi connectivity index (χ1v) is 10.8. The number of nitrogens with zero attached hydrogens (tertiary/aromatic N) is 3. The molecule has 0 radical (unpaired) electrons. The van der Waals surface area contributed by atoms with E-state index in [1.165, 1.54) is 27.6 Å². The van der Waals surface area contributed by atoms with E-state index in [1.54, 1.807) is 6.20 Å². The zero-order chi connectivity index (χ0) is 21.9. The topological polar surface area (TPSA) is 84.7 Å². The summed E-state index contributed by atoms with van der Waals surface area (Å²) in [6.07, 6.45) is 6.74. The summed E-state index contributed by atoms with van der Waals surface area (Å²) in [6, 6.07) is 16.9. The van der Waals surface area contributed by atoms with Crippen molar-refractivity contribution in [3.63, 3.8) is 0 Å². The third-order valence-electron chi connectivity index (χ3n) is 5.69. The molecule has 3 heterocycles. The van der Waals surface area contributed by atoms with Crippen molar-refractivity contribution in [3.05, 3.63) is 78.2 Å². The quantitative estimate of drug-likeness (QED) is 0.288. The van der Waals surface area contributed by atoms with E-state index in [9.17, 15) is 0 Å². The van der Waals surface area contributed by atoms with Crippen LogP contribution in [0.25, 0.3) is 21.8 Å². The molecule has 0 aliphatic carbocycles. The molecule has 0 unspecified atom stereocenters. The number of fused-ring (bicyclic) bond motifs is 2. The Morgan fingerprint density at radius 2 is 1.84 bits per heavy atom. The van der Waals surface area contributed by atoms with E-state index in [0.29, 0.717) is 12.5 Å². The predicted molar refractivity (Wildman–Crippen MR) is 132 cm³/mol. The summed E-state index contributed by atoms with van der Waals surface area (Å²) >= 11 is 0. The second-order valence-electron chi connectivity index (χ2n) is 8.13. The van der Waals surface area contributed by atoms with Crippen molar-refractivity contribution in [2.24, 2.45) is 0 Å². The van der Waals surface area contributed by atoms with Crippen LogP contribution in [0, 0.1) is 0 Å². The highest BCUT2D eigenvalue weighted by atomic mass is 15.1. The molecule has 5 rings (SSSR count). The van der Waals surface area contributed by atoms with Crippen LogP contribution in [0.15, 0.2) is 67.1 Å². The second-order valence-corrected chi connectivity index (χ2v) is 8.13. The lowest BCUT2D eigenvalue weighted by Crippen LogP contribution is -2.09. The lowest BCUT2D eigenvalue weighted by molar-refractivity contribution is 0.997. The maximum atomic E-state index is 4.60. The van der Waals surface area contributed by atoms with Gasteiger partial charge >= 0.3 is 0 Å². The number of H-pyrrole nitrogens is 2. The number of anilines is 3. The van der Waals surface area contributed by atoms with E-state index >= 15 is 0 Å². The number of nitrogens with one attached hydrogen (secondary N) is 4. The molecule has 162 valence electrons. The lowest BCUT2D eigenvalue weighted by atomic mass is 10.1. The summed E-state index contributed by atoms with van der Waals surface area (Å²) < 4.78 is 0. The summed E-state index contributed by atoms with van der Waals surface area (Å²) in [5, 5.41) is 9.22. The summed E-state index contributed by atoms with van der Waals surface area (Å²) in [7, 11) is 4.13. The van der Waals surface area contributed by atoms with E-state index in [-0.39, 0.29) is 0 Å². The van der Waals surface area contributed by atoms with Crippen LogP contribution < -0.4 is 15.5 Å². The molecule has 0 fully saturated rings. The number of aromatic nitrogens is 4. The molecule has 7 nitrogen and oxygen atoms in total. The Bertz CT molecular complexity index is 1350. The number of rotatable bonds is 8. The van der Waals surface area contributed by atoms with E-state index in [0.717, 1.165) is 29.8 Å². The molecule has 0 atom stereocenters. The van der Waals surface area contributed by atoms with Crippen molar-refractivity contribution in [2.75, 3.05) is 36.2 Å². The molecule has 7 heteroatoms. The Kier molecular flexibility index (Phi) is 5.37. The zero-order valence-electron chi connectivity index (χ0n) is 18.3. The average Bonchev–Trinajstić information content (AvgIpc) is 3.44. The number of benzene rings is 2. The molecule has 0 saturated carbocycles. The highest BCUT2D eigenvalue weighted by molar-refractivity contribution is 5.86. The SMILES string of the molecule is CN(C)c1ccc2[nH]cc(CCNc3ccnc(NCc4ccc5[nH]ccc5c4)n3)c2c1. The number of aromatic amines is 2. The summed E-state index contributed by atoms with van der Waals surface area (Å²) in [6.45, 7) is 1.47. The van der Waals surface area contributed by atoms with Crippen molar-refractivity contribution >= 4 is 39.3 Å². The largest absolute Gasteiger partial charge is 0.378 e. The van der Waals surface area contributed by atoms with Crippen LogP contribution in [0.5, 0.6) is 0 Å². The second kappa shape index (κ2) is 8.63. The smallest absolute Gasteiger partial charge is 0.224 e. The Morgan fingerprint density at radius 3 is 2.75 bits per heavy atom. The van der Waals surface area contributed by atoms with Crippen LogP contribution in [0.3, 0.4) is 0 Å². The van der Waals surface area contributed by atoms with Gasteiger partial charge in [-0.3, -0.25) is 0 Å². The molecule has 0 bridgehead atoms. The van der Waals surface area contributed by atoms with Gasteiger partial charge in [-0.1, -0.05) is 6.07 Å². The number of hydrogen-bond donors (Lipinski definition) is 4. The van der Waals surface area contributed by atoms with Gasteiger partial charge in [0, 0.05) is 67.9 Å². The highest BCUT2D eigenvalue weighted by Crippen LogP contribution is 2.24. The maximum Gasteiger partial charge on any atom is 0.224 e. The van der Waals surface area contributed by atoms with E-state index in [1.807, 2.05) is 12.3 Å². The van der Waals surface area contributed by atoms with Gasteiger partial charge in [0.2, 0.25) is 5.95 Å². The van der Waals surface area contributed by atoms with Crippen molar-refractivity contribution in [1.82, 2.24) is 19.9 Å². The summed E-state index contributed by atoms with van der Waals surface area (Å²) in [5.41, 5.74) is 5.99. The molecule has 32 heavy (non-hydrogen) atoms. The van der Waals surface area contributed by atoms with Gasteiger partial charge in [0.05, 0.1) is 0 Å². The summed E-state index contributed by atoms with van der Waals surface area (Å²) in [5.74, 6) is 1.43. The third-order valence-corrected chi connectivity index (χ3v) is 5.69. The minimum atomic E-state index is 0.617. The van der Waals surface area contributed by atoms with Gasteiger partial charge < -0.3 is 25.5 Å². The predicted octanol–water partition coefficient (Wildman–Crippen LogP) is 4.77. The first-order valence-electron chi connectivity index (χ1n) is 10.8. The molecule has 0 aliphatic rings. The average molecular weight is 426 g/mol. The Labute approximate surface area is 186 Å². The highest BCUT2D eigenvalue weighted by Gasteiger charge is 2.07. The van der Waals surface area contributed by atoms with Gasteiger partial charge in [0.1, 0.15) is 5.82 Å². The van der Waals surface area contributed by atoms with Crippen molar-refractivity contribution < 1.29 is 0 Å². The fraction of sp³-hybridized carbons (Fsp3) is 0.200. The fourth-order valence-corrected chi connectivity index (χ4v) is 3.91. The standard InChI is InChI=1S/C25H27N7/c1-32(2)20-4-6-23-21(14-20)19(16-29-23)8-11-27-24-9-12-28-25(31-24)30-15-17-3-5-22-18(13-17)7-10-26-22/h3-7,9-10,12-14,16,26,29H,8,11,15H2,1-2H3,(H2,27,28,30,31). The maximum absolute atomic E-state index is 4.60. The van der Waals surface area contributed by atoms with Crippen LogP contribution in [0.2, 0.25) is 0 Å². The monoisotopic (exact) mass is 425 g/mol. The molecule has 3 aromatic heterocycles. The lowest BCUT2D eigenvalue weighted by Gasteiger charge is -2.12. The van der Waals surface area contributed by atoms with Gasteiger partial charge in [0.15, 0.2) is 0 Å². The van der Waals surface area contributed by atoms with Gasteiger partial charge in [-0.25, -0.2) is 4.98 Å². The minimum absolute atomic E-state index is 0.617. The molecule has 0 saturated heterocycles. The molecule has 2 aromatic carbocycles. The van der Waals surface area contributed by atoms with Gasteiger partial charge in [-0.15, -0.1) is 0 Å². The minimum Gasteiger partial charge on any atom is -0.378 e. The van der Waals surface area contributed by atoms with Crippen LogP contribution in [-0.4, -0.2) is 40.6 Å². The first-order chi connectivity index (χ1) is 15.7. The molecular weight excluding hydrogens is 398 g/mol. The van der Waals surface area contributed by atoms with Crippen LogP contribution in [-0.2, 0) is 13.0 Å². The fourth-order valence-electron chi connectivity index (χ4n) is 3.91. The number of hydrogen-bond acceptors (Lipinski definition) is 5. The Balaban J connectivity index is 1.20. The zero-order valence-corrected chi connectivity index (χ0v) is 18.3. The molecule has 0 amide bonds. The van der Waals surface area contributed by atoms with Crippen LogP contribution >= 0.6 is 0 Å². The molecule has 0 spiro atoms. The Morgan fingerprint density at radius 1 is 0.938 bits per heavy atom. The van der Waals surface area contributed by atoms with Crippen LogP contribution in [0.1, 0.15) is 11.1 Å². The van der Waals surface area contributed by atoms with Gasteiger partial charge in [0.25, 0.3) is 0 Å². The Hall–Kier alpha value is -4.00. The molecular formula is C25H27N7. The molecule has 5 aromatic rings. The van der Waals surface area contributed by atoms with Gasteiger partial charge in [-0.2, -0.15) is 4.98 Å². The normalized spacial score (nSPS) is 11.2. The van der Waals surface area contributed by atoms with E-state index < -0.39 is 0 Å². The first kappa shape index (κ1) is 19.9. The van der Waals surface area contributed by atoms with Crippen molar-refractivity contribution in [2.45, 2.75) is 13.0 Å². The van der Waals surface area contributed by atoms with E-state index in [2.05, 4.69) is 98.2 Å². The molecule has 4 N–H and O–H groups in total. The summed E-state index contributed by atoms with van der Waals surface area (Å²) in [4.78, 5) is 17.7. The molecule has 0 aliphatic heterocycles. The van der Waals surface area contributed by atoms with Crippen molar-refractivity contribution in [1.29, 1.82) is 0 Å². The van der Waals surface area contributed by atoms with E-state index in [4.69, 9.17) is 0 Å². The van der Waals surface area contributed by atoms with Gasteiger partial charge in [-0.05, 0) is 65.4 Å². The van der Waals surface area contributed by atoms with Crippen molar-refractivity contribution in [3.8, 4) is 0 Å². The third kappa shape index (κ3) is 4.23. The van der Waals surface area contributed by atoms with Crippen LogP contribution in [0.4, 0.5) is 17.5 Å².